The van der Waals surface area contributed by atoms with Gasteiger partial charge in [0.2, 0.25) is 0 Å². The topological polar surface area (TPSA) is 79.1 Å². The van der Waals surface area contributed by atoms with E-state index in [0.717, 1.165) is 23.3 Å². The molecule has 0 saturated heterocycles. The van der Waals surface area contributed by atoms with Crippen LogP contribution in [-0.4, -0.2) is 37.5 Å². The zero-order chi connectivity index (χ0) is 27.2. The number of carbonyl (C=O) groups excluding carboxylic acids is 1. The zero-order valence-corrected chi connectivity index (χ0v) is 23.3. The Morgan fingerprint density at radius 3 is 2.53 bits per heavy atom. The summed E-state index contributed by atoms with van der Waals surface area (Å²) in [6, 6.07) is 15.0. The third-order valence-electron chi connectivity index (χ3n) is 6.35. The molecule has 0 N–H and O–H groups in total. The first kappa shape index (κ1) is 27.5. The van der Waals surface area contributed by atoms with Crippen LogP contribution in [0.25, 0.3) is 6.08 Å². The van der Waals surface area contributed by atoms with Crippen molar-refractivity contribution < 1.29 is 19.0 Å². The second-order valence-electron chi connectivity index (χ2n) is 9.42. The van der Waals surface area contributed by atoms with Crippen LogP contribution in [0.4, 0.5) is 0 Å². The number of carbonyl (C=O) groups is 1. The summed E-state index contributed by atoms with van der Waals surface area (Å²) in [7, 11) is 1.55. The number of benzene rings is 2. The standard InChI is InChI=1S/C30H34N2O5S/c1-6-15-36-24-10-8-7-9-23(24)18-25-28(33)32-27(22-13-11-21(12-14-22)19(2)3)26(20(4)31-30(32)38-25)29(34)37-17-16-35-5/h7-14,18-19,27H,6,15-17H2,1-5H3. The first-order valence-corrected chi connectivity index (χ1v) is 13.7. The molecule has 0 radical (unpaired) electrons. The lowest BCUT2D eigenvalue weighted by Crippen LogP contribution is -2.40. The van der Waals surface area contributed by atoms with Gasteiger partial charge in [-0.05, 0) is 42.5 Å². The van der Waals surface area contributed by atoms with Gasteiger partial charge >= 0.3 is 5.97 Å². The minimum Gasteiger partial charge on any atom is -0.493 e. The molecule has 1 aliphatic rings. The van der Waals surface area contributed by atoms with Crippen molar-refractivity contribution in [3.63, 3.8) is 0 Å². The van der Waals surface area contributed by atoms with Crippen molar-refractivity contribution in [1.29, 1.82) is 0 Å². The van der Waals surface area contributed by atoms with E-state index in [9.17, 15) is 9.59 Å². The number of aromatic nitrogens is 1. The van der Waals surface area contributed by atoms with E-state index >= 15 is 0 Å². The van der Waals surface area contributed by atoms with Crippen LogP contribution >= 0.6 is 11.3 Å². The Hall–Kier alpha value is -3.49. The van der Waals surface area contributed by atoms with E-state index in [1.807, 2.05) is 54.6 Å². The summed E-state index contributed by atoms with van der Waals surface area (Å²) in [5, 5.41) is 0. The predicted octanol–water partition coefficient (Wildman–Crippen LogP) is 4.34. The van der Waals surface area contributed by atoms with Gasteiger partial charge in [-0.15, -0.1) is 0 Å². The minimum absolute atomic E-state index is 0.115. The summed E-state index contributed by atoms with van der Waals surface area (Å²) in [4.78, 5) is 32.4. The largest absolute Gasteiger partial charge is 0.493 e. The molecular weight excluding hydrogens is 500 g/mol. The van der Waals surface area contributed by atoms with Crippen LogP contribution in [0.2, 0.25) is 0 Å². The van der Waals surface area contributed by atoms with E-state index in [2.05, 4.69) is 25.8 Å². The van der Waals surface area contributed by atoms with E-state index in [0.29, 0.717) is 33.1 Å². The lowest BCUT2D eigenvalue weighted by molar-refractivity contribution is -0.140. The number of esters is 1. The molecular formula is C30H34N2O5S. The highest BCUT2D eigenvalue weighted by Crippen LogP contribution is 2.31. The maximum atomic E-state index is 13.9. The molecule has 0 amide bonds. The summed E-state index contributed by atoms with van der Waals surface area (Å²) in [5.41, 5.74) is 3.48. The van der Waals surface area contributed by atoms with Gasteiger partial charge in [0.05, 0.1) is 35.1 Å². The van der Waals surface area contributed by atoms with Crippen molar-refractivity contribution in [1.82, 2.24) is 4.57 Å². The average Bonchev–Trinajstić information content (AvgIpc) is 3.21. The van der Waals surface area contributed by atoms with Crippen LogP contribution in [0.5, 0.6) is 5.75 Å². The van der Waals surface area contributed by atoms with Gasteiger partial charge in [0.25, 0.3) is 5.56 Å². The smallest absolute Gasteiger partial charge is 0.338 e. The average molecular weight is 535 g/mol. The van der Waals surface area contributed by atoms with E-state index in [4.69, 9.17) is 14.2 Å². The molecule has 38 heavy (non-hydrogen) atoms. The summed E-state index contributed by atoms with van der Waals surface area (Å²) in [6.45, 7) is 9.08. The van der Waals surface area contributed by atoms with Crippen molar-refractivity contribution in [3.05, 3.63) is 96.2 Å². The molecule has 1 aromatic heterocycles. The SMILES string of the molecule is CCCOc1ccccc1C=c1sc2n(c1=O)C(c1ccc(C(C)C)cc1)C(C(=O)OCCOC)=C(C)N=2. The highest BCUT2D eigenvalue weighted by Gasteiger charge is 2.33. The third-order valence-corrected chi connectivity index (χ3v) is 7.33. The molecule has 1 aliphatic heterocycles. The van der Waals surface area contributed by atoms with Crippen LogP contribution in [0, 0.1) is 0 Å². The van der Waals surface area contributed by atoms with Crippen molar-refractivity contribution in [3.8, 4) is 5.75 Å². The molecule has 2 aromatic carbocycles. The molecule has 0 spiro atoms. The molecule has 0 fully saturated rings. The van der Waals surface area contributed by atoms with E-state index in [-0.39, 0.29) is 18.8 Å². The molecule has 1 atom stereocenters. The molecule has 0 bridgehead atoms. The molecule has 2 heterocycles. The predicted molar refractivity (Wildman–Crippen MR) is 149 cm³/mol. The quantitative estimate of drug-likeness (QED) is 0.286. The summed E-state index contributed by atoms with van der Waals surface area (Å²) in [6.07, 6.45) is 2.72. The first-order chi connectivity index (χ1) is 18.3. The molecule has 7 nitrogen and oxygen atoms in total. The van der Waals surface area contributed by atoms with Crippen molar-refractivity contribution >= 4 is 23.4 Å². The second kappa shape index (κ2) is 12.4. The van der Waals surface area contributed by atoms with Crippen LogP contribution in [0.15, 0.2) is 69.6 Å². The number of rotatable bonds is 10. The number of allylic oxidation sites excluding steroid dienone is 1. The molecule has 3 aromatic rings. The van der Waals surface area contributed by atoms with Crippen LogP contribution in [0.1, 0.15) is 62.8 Å². The van der Waals surface area contributed by atoms with Gasteiger partial charge in [-0.25, -0.2) is 9.79 Å². The Balaban J connectivity index is 1.87. The number of methoxy groups -OCH3 is 1. The van der Waals surface area contributed by atoms with E-state index < -0.39 is 12.0 Å². The molecule has 1 unspecified atom stereocenters. The van der Waals surface area contributed by atoms with Crippen LogP contribution in [-0.2, 0) is 14.3 Å². The lowest BCUT2D eigenvalue weighted by atomic mass is 9.93. The van der Waals surface area contributed by atoms with Crippen molar-refractivity contribution in [2.75, 3.05) is 26.9 Å². The number of hydrogen-bond acceptors (Lipinski definition) is 7. The van der Waals surface area contributed by atoms with Gasteiger partial charge in [0, 0.05) is 12.7 Å². The maximum absolute atomic E-state index is 13.9. The molecule has 4 rings (SSSR count). The Morgan fingerprint density at radius 1 is 1.11 bits per heavy atom. The molecule has 200 valence electrons. The Morgan fingerprint density at radius 2 is 1.84 bits per heavy atom. The third kappa shape index (κ3) is 5.81. The lowest BCUT2D eigenvalue weighted by Gasteiger charge is -2.25. The molecule has 0 aliphatic carbocycles. The summed E-state index contributed by atoms with van der Waals surface area (Å²) >= 11 is 1.30. The van der Waals surface area contributed by atoms with Gasteiger partial charge in [0.15, 0.2) is 4.80 Å². The first-order valence-electron chi connectivity index (χ1n) is 12.9. The van der Waals surface area contributed by atoms with Gasteiger partial charge in [0.1, 0.15) is 12.4 Å². The van der Waals surface area contributed by atoms with Crippen LogP contribution in [0.3, 0.4) is 0 Å². The number of para-hydroxylation sites is 1. The number of ether oxygens (including phenoxy) is 3. The fourth-order valence-corrected chi connectivity index (χ4v) is 5.38. The Kier molecular flexibility index (Phi) is 8.97. The molecule has 0 saturated carbocycles. The van der Waals surface area contributed by atoms with Crippen molar-refractivity contribution in [2.24, 2.45) is 4.99 Å². The van der Waals surface area contributed by atoms with Gasteiger partial charge in [-0.2, -0.15) is 0 Å². The number of thiazole rings is 1. The van der Waals surface area contributed by atoms with E-state index in [1.54, 1.807) is 18.6 Å². The normalized spacial score (nSPS) is 15.4. The van der Waals surface area contributed by atoms with Gasteiger partial charge < -0.3 is 14.2 Å². The highest BCUT2D eigenvalue weighted by molar-refractivity contribution is 7.07. The summed E-state index contributed by atoms with van der Waals surface area (Å²) in [5.74, 6) is 0.574. The monoisotopic (exact) mass is 534 g/mol. The zero-order valence-electron chi connectivity index (χ0n) is 22.5. The van der Waals surface area contributed by atoms with Gasteiger partial charge in [-0.1, -0.05) is 74.6 Å². The van der Waals surface area contributed by atoms with Crippen LogP contribution < -0.4 is 19.6 Å². The minimum atomic E-state index is -0.656. The Labute approximate surface area is 226 Å². The number of fused-ring (bicyclic) bond motifs is 1. The summed E-state index contributed by atoms with van der Waals surface area (Å²) < 4.78 is 18.6. The number of hydrogen-bond donors (Lipinski definition) is 0. The second-order valence-corrected chi connectivity index (χ2v) is 10.4. The van der Waals surface area contributed by atoms with Crippen molar-refractivity contribution in [2.45, 2.75) is 46.1 Å². The molecule has 8 heteroatoms. The highest BCUT2D eigenvalue weighted by atomic mass is 32.1. The van der Waals surface area contributed by atoms with Gasteiger partial charge in [-0.3, -0.25) is 9.36 Å². The van der Waals surface area contributed by atoms with E-state index in [1.165, 1.54) is 16.9 Å². The fourth-order valence-electron chi connectivity index (χ4n) is 4.34. The Bertz CT molecular complexity index is 1500. The fraction of sp³-hybridized carbons (Fsp3) is 0.367. The maximum Gasteiger partial charge on any atom is 0.338 e. The number of nitrogens with zero attached hydrogens (tertiary/aromatic N) is 2.